The molecule has 1 saturated heterocycles. The average Bonchev–Trinajstić information content (AvgIpc) is 3.21. The molecule has 1 aliphatic heterocycles. The maximum atomic E-state index is 12.0. The number of nitrogens with zero attached hydrogens (tertiary/aromatic N) is 4. The number of guanidine groups is 1. The van der Waals surface area contributed by atoms with E-state index in [1.807, 2.05) is 31.1 Å². The predicted octanol–water partition coefficient (Wildman–Crippen LogP) is 3.74. The number of hydrogen-bond donors (Lipinski definition) is 1. The van der Waals surface area contributed by atoms with Crippen LogP contribution in [-0.4, -0.2) is 46.9 Å². The van der Waals surface area contributed by atoms with Gasteiger partial charge < -0.3 is 19.7 Å². The smallest absolute Gasteiger partial charge is 0.222 e. The van der Waals surface area contributed by atoms with Gasteiger partial charge in [-0.2, -0.15) is 0 Å². The molecule has 0 unspecified atom stereocenters. The summed E-state index contributed by atoms with van der Waals surface area (Å²) in [6.45, 7) is 2.97. The number of benzene rings is 1. The number of halogens is 2. The zero-order valence-corrected chi connectivity index (χ0v) is 21.1. The van der Waals surface area contributed by atoms with Gasteiger partial charge in [-0.05, 0) is 39.5 Å². The zero-order chi connectivity index (χ0) is 20.1. The van der Waals surface area contributed by atoms with E-state index in [9.17, 15) is 4.79 Å². The number of hydrogen-bond acceptors (Lipinski definition) is 2. The van der Waals surface area contributed by atoms with Crippen LogP contribution in [0.5, 0.6) is 0 Å². The number of aliphatic imine (C=N–C) groups is 1. The van der Waals surface area contributed by atoms with Crippen LogP contribution >= 0.6 is 39.9 Å². The summed E-state index contributed by atoms with van der Waals surface area (Å²) in [6, 6.07) is 10.4. The Hall–Kier alpha value is -1.55. The lowest BCUT2D eigenvalue weighted by atomic mass is 10.1. The molecule has 0 atom stereocenters. The van der Waals surface area contributed by atoms with Crippen LogP contribution in [0.1, 0.15) is 29.7 Å². The fourth-order valence-corrected chi connectivity index (χ4v) is 4.13. The van der Waals surface area contributed by atoms with E-state index in [1.54, 1.807) is 7.05 Å². The van der Waals surface area contributed by atoms with Crippen LogP contribution in [0.3, 0.4) is 0 Å². The number of carbonyl (C=O) groups is 1. The monoisotopic (exact) mass is 573 g/mol. The van der Waals surface area contributed by atoms with Gasteiger partial charge in [0.1, 0.15) is 0 Å². The summed E-state index contributed by atoms with van der Waals surface area (Å²) < 4.78 is 3.18. The van der Waals surface area contributed by atoms with Crippen LogP contribution in [0.15, 0.2) is 46.0 Å². The summed E-state index contributed by atoms with van der Waals surface area (Å²) in [7, 11) is 5.87. The van der Waals surface area contributed by atoms with Gasteiger partial charge in [0.15, 0.2) is 5.96 Å². The van der Waals surface area contributed by atoms with Crippen molar-refractivity contribution in [1.82, 2.24) is 19.7 Å². The molecule has 1 N–H and O–H groups in total. The first-order valence-corrected chi connectivity index (χ1v) is 10.3. The highest BCUT2D eigenvalue weighted by molar-refractivity contribution is 14.0. The summed E-state index contributed by atoms with van der Waals surface area (Å²) in [6.07, 6.45) is 3.69. The van der Waals surface area contributed by atoms with Crippen LogP contribution in [0.25, 0.3) is 0 Å². The molecule has 1 aromatic carbocycles. The molecule has 2 aromatic rings. The molecule has 2 heterocycles. The molecule has 6 nitrogen and oxygen atoms in total. The Kier molecular flexibility index (Phi) is 9.01. The number of amides is 1. The van der Waals surface area contributed by atoms with Crippen molar-refractivity contribution in [3.8, 4) is 0 Å². The second kappa shape index (κ2) is 11.0. The topological polar surface area (TPSA) is 52.9 Å². The van der Waals surface area contributed by atoms with Gasteiger partial charge >= 0.3 is 0 Å². The molecule has 0 aliphatic carbocycles. The molecule has 0 spiro atoms. The quantitative estimate of drug-likeness (QED) is 0.325. The molecule has 0 saturated carbocycles. The number of nitrogens with one attached hydrogen (secondary N) is 1. The largest absolute Gasteiger partial charge is 0.352 e. The van der Waals surface area contributed by atoms with Crippen LogP contribution in [0, 0.1) is 0 Å². The lowest BCUT2D eigenvalue weighted by Crippen LogP contribution is -2.38. The van der Waals surface area contributed by atoms with Crippen molar-refractivity contribution in [3.05, 3.63) is 57.8 Å². The van der Waals surface area contributed by atoms with Gasteiger partial charge in [0.05, 0.1) is 6.54 Å². The Labute approximate surface area is 198 Å². The highest BCUT2D eigenvalue weighted by Gasteiger charge is 2.21. The van der Waals surface area contributed by atoms with E-state index in [1.165, 1.54) is 16.8 Å². The first-order chi connectivity index (χ1) is 13.5. The third-order valence-corrected chi connectivity index (χ3v) is 5.57. The van der Waals surface area contributed by atoms with Crippen LogP contribution in [-0.2, 0) is 31.5 Å². The van der Waals surface area contributed by atoms with Gasteiger partial charge in [-0.3, -0.25) is 9.79 Å². The van der Waals surface area contributed by atoms with Crippen molar-refractivity contribution in [2.45, 2.75) is 32.5 Å². The predicted molar refractivity (Wildman–Crippen MR) is 131 cm³/mol. The van der Waals surface area contributed by atoms with E-state index < -0.39 is 0 Å². The Morgan fingerprint density at radius 2 is 2.03 bits per heavy atom. The minimum Gasteiger partial charge on any atom is -0.352 e. The number of carbonyl (C=O) groups excluding carboxylic acids is 1. The molecule has 1 amide bonds. The maximum absolute atomic E-state index is 12.0. The summed E-state index contributed by atoms with van der Waals surface area (Å²) in [5, 5.41) is 3.46. The molecule has 3 rings (SSSR count). The fourth-order valence-electron chi connectivity index (χ4n) is 3.56. The highest BCUT2D eigenvalue weighted by atomic mass is 127. The summed E-state index contributed by atoms with van der Waals surface area (Å²) in [5.41, 5.74) is 3.58. The van der Waals surface area contributed by atoms with Crippen LogP contribution in [0.4, 0.5) is 0 Å². The Morgan fingerprint density at radius 3 is 2.62 bits per heavy atom. The maximum Gasteiger partial charge on any atom is 0.222 e. The minimum absolute atomic E-state index is 0. The molecular weight excluding hydrogens is 545 g/mol. The van der Waals surface area contributed by atoms with Crippen molar-refractivity contribution in [1.29, 1.82) is 0 Å². The second-order valence-electron chi connectivity index (χ2n) is 7.20. The Balaban J connectivity index is 0.00000300. The number of aryl methyl sites for hydroxylation is 1. The zero-order valence-electron chi connectivity index (χ0n) is 17.2. The molecule has 1 aromatic heterocycles. The van der Waals surface area contributed by atoms with Crippen molar-refractivity contribution >= 4 is 51.8 Å². The van der Waals surface area contributed by atoms with Crippen molar-refractivity contribution < 1.29 is 4.79 Å². The normalized spacial score (nSPS) is 14.1. The van der Waals surface area contributed by atoms with E-state index in [-0.39, 0.29) is 29.9 Å². The molecular formula is C21H29BrIN5O. The molecule has 1 aliphatic rings. The second-order valence-corrected chi connectivity index (χ2v) is 8.12. The third-order valence-electron chi connectivity index (χ3n) is 5.13. The van der Waals surface area contributed by atoms with Gasteiger partial charge in [-0.25, -0.2) is 0 Å². The van der Waals surface area contributed by atoms with E-state index in [0.717, 1.165) is 29.9 Å². The Morgan fingerprint density at radius 1 is 1.31 bits per heavy atom. The van der Waals surface area contributed by atoms with Crippen molar-refractivity contribution in [2.75, 3.05) is 20.6 Å². The van der Waals surface area contributed by atoms with E-state index in [4.69, 9.17) is 0 Å². The Bertz CT molecular complexity index is 867. The average molecular weight is 574 g/mol. The third kappa shape index (κ3) is 6.21. The molecule has 1 fully saturated rings. The molecule has 0 bridgehead atoms. The van der Waals surface area contributed by atoms with Crippen LogP contribution in [0.2, 0.25) is 0 Å². The van der Waals surface area contributed by atoms with Crippen LogP contribution < -0.4 is 5.32 Å². The van der Waals surface area contributed by atoms with E-state index in [0.29, 0.717) is 19.5 Å². The highest BCUT2D eigenvalue weighted by Crippen LogP contribution is 2.18. The molecule has 29 heavy (non-hydrogen) atoms. The molecule has 158 valence electrons. The number of likely N-dealkylation sites (tertiary alicyclic amines) is 1. The van der Waals surface area contributed by atoms with Gasteiger partial charge in [-0.1, -0.05) is 24.3 Å². The summed E-state index contributed by atoms with van der Waals surface area (Å²) in [4.78, 5) is 20.5. The number of aromatic nitrogens is 1. The minimum atomic E-state index is 0. The standard InChI is InChI=1S/C21H28BrN5O.HI/c1-23-21(26(3)15-19-11-18(22)14-25(19)2)24-12-16-7-4-5-8-17(16)13-27-10-6-9-20(27)28;/h4-5,7-8,11,14H,6,9-10,12-13,15H2,1-3H3,(H,23,24);1H. The van der Waals surface area contributed by atoms with Gasteiger partial charge in [0.25, 0.3) is 0 Å². The van der Waals surface area contributed by atoms with E-state index in [2.05, 4.69) is 60.1 Å². The van der Waals surface area contributed by atoms with Gasteiger partial charge in [0.2, 0.25) is 5.91 Å². The van der Waals surface area contributed by atoms with Gasteiger partial charge in [-0.15, -0.1) is 24.0 Å². The first kappa shape index (κ1) is 23.7. The molecule has 8 heteroatoms. The SMILES string of the molecule is CN=C(NCc1ccccc1CN1CCCC1=O)N(C)Cc1cc(Br)cn1C.I. The lowest BCUT2D eigenvalue weighted by Gasteiger charge is -2.23. The summed E-state index contributed by atoms with van der Waals surface area (Å²) >= 11 is 3.52. The first-order valence-electron chi connectivity index (χ1n) is 9.55. The summed E-state index contributed by atoms with van der Waals surface area (Å²) in [5.74, 6) is 1.09. The van der Waals surface area contributed by atoms with E-state index >= 15 is 0 Å². The number of rotatable bonds is 6. The lowest BCUT2D eigenvalue weighted by molar-refractivity contribution is -0.128. The molecule has 0 radical (unpaired) electrons. The fraction of sp³-hybridized carbons (Fsp3) is 0.429. The van der Waals surface area contributed by atoms with Crippen molar-refractivity contribution in [3.63, 3.8) is 0 Å². The van der Waals surface area contributed by atoms with Crippen molar-refractivity contribution in [2.24, 2.45) is 12.0 Å². The van der Waals surface area contributed by atoms with Gasteiger partial charge in [0, 0.05) is 63.6 Å².